The number of hydrogen-bond donors (Lipinski definition) is 2. The van der Waals surface area contributed by atoms with Gasteiger partial charge in [-0.25, -0.2) is 9.97 Å². The number of nitrogens with one attached hydrogen (secondary N) is 2. The Bertz CT molecular complexity index is 412. The van der Waals surface area contributed by atoms with E-state index in [2.05, 4.69) is 36.5 Å². The van der Waals surface area contributed by atoms with Crippen molar-refractivity contribution in [1.82, 2.24) is 15.3 Å². The van der Waals surface area contributed by atoms with E-state index < -0.39 is 0 Å². The maximum atomic E-state index is 11.2. The van der Waals surface area contributed by atoms with Crippen molar-refractivity contribution in [1.29, 1.82) is 0 Å². The monoisotopic (exact) mass is 315 g/mol. The highest BCUT2D eigenvalue weighted by molar-refractivity contribution is 9.10. The Morgan fingerprint density at radius 2 is 2.22 bits per heavy atom. The van der Waals surface area contributed by atoms with Crippen molar-refractivity contribution in [2.24, 2.45) is 0 Å². The maximum Gasteiger partial charge on any atom is 0.221 e. The molecule has 1 heterocycles. The predicted molar refractivity (Wildman–Crippen MR) is 75.8 cm³/mol. The second-order valence-electron chi connectivity index (χ2n) is 3.73. The van der Waals surface area contributed by atoms with Gasteiger partial charge in [0.1, 0.15) is 22.4 Å². The largest absolute Gasteiger partial charge is 0.369 e. The van der Waals surface area contributed by atoms with Crippen molar-refractivity contribution in [2.45, 2.75) is 13.3 Å². The molecule has 0 radical (unpaired) electrons. The van der Waals surface area contributed by atoms with Gasteiger partial charge in [0.2, 0.25) is 5.91 Å². The van der Waals surface area contributed by atoms with Gasteiger partial charge in [-0.15, -0.1) is 0 Å². The van der Waals surface area contributed by atoms with Gasteiger partial charge in [-0.2, -0.15) is 0 Å². The van der Waals surface area contributed by atoms with Crippen LogP contribution in [0, 0.1) is 0 Å². The minimum atomic E-state index is 0.0129. The van der Waals surface area contributed by atoms with Crippen molar-refractivity contribution in [3.63, 3.8) is 0 Å². The summed E-state index contributed by atoms with van der Waals surface area (Å²) in [5, 5.41) is 5.74. The molecular formula is C11H18BrN5O. The Kier molecular flexibility index (Phi) is 5.84. The Labute approximate surface area is 115 Å². The third kappa shape index (κ3) is 3.83. The van der Waals surface area contributed by atoms with E-state index in [1.54, 1.807) is 7.05 Å². The molecule has 0 saturated carbocycles. The Morgan fingerprint density at radius 1 is 1.50 bits per heavy atom. The summed E-state index contributed by atoms with van der Waals surface area (Å²) < 4.78 is 0.811. The van der Waals surface area contributed by atoms with Gasteiger partial charge in [-0.3, -0.25) is 4.79 Å². The van der Waals surface area contributed by atoms with Gasteiger partial charge in [-0.1, -0.05) is 0 Å². The fourth-order valence-electron chi connectivity index (χ4n) is 1.42. The number of carbonyl (C=O) groups excluding carboxylic acids is 1. The summed E-state index contributed by atoms with van der Waals surface area (Å²) in [6, 6.07) is 0. The summed E-state index contributed by atoms with van der Waals surface area (Å²) in [6.45, 7) is 3.39. The van der Waals surface area contributed by atoms with Crippen LogP contribution in [0.5, 0.6) is 0 Å². The average molecular weight is 316 g/mol. The molecule has 0 spiro atoms. The number of nitrogens with zero attached hydrogens (tertiary/aromatic N) is 3. The Balaban J connectivity index is 2.76. The second kappa shape index (κ2) is 7.15. The van der Waals surface area contributed by atoms with Crippen LogP contribution in [0.15, 0.2) is 10.8 Å². The van der Waals surface area contributed by atoms with Crippen LogP contribution in [-0.4, -0.2) is 43.1 Å². The molecule has 0 atom stereocenters. The molecule has 0 bridgehead atoms. The molecule has 100 valence electrons. The SMILES string of the molecule is CCNc1ncnc(N(C)CCC(=O)NC)c1Br. The van der Waals surface area contributed by atoms with E-state index in [4.69, 9.17) is 0 Å². The molecule has 0 fully saturated rings. The molecule has 1 aromatic rings. The van der Waals surface area contributed by atoms with Gasteiger partial charge >= 0.3 is 0 Å². The normalized spacial score (nSPS) is 10.0. The first-order valence-electron chi connectivity index (χ1n) is 5.76. The number of rotatable bonds is 6. The molecule has 0 aliphatic heterocycles. The van der Waals surface area contributed by atoms with Gasteiger partial charge < -0.3 is 15.5 Å². The number of halogens is 1. The molecule has 0 aliphatic carbocycles. The summed E-state index contributed by atoms with van der Waals surface area (Å²) in [5.41, 5.74) is 0. The average Bonchev–Trinajstić information content (AvgIpc) is 2.38. The molecule has 1 rings (SSSR count). The standard InChI is InChI=1S/C11H18BrN5O/c1-4-14-10-9(12)11(16-7-15-10)17(3)6-5-8(18)13-2/h7H,4-6H2,1-3H3,(H,13,18)(H,14,15,16). The zero-order chi connectivity index (χ0) is 13.5. The summed E-state index contributed by atoms with van der Waals surface area (Å²) in [5.74, 6) is 1.54. The van der Waals surface area contributed by atoms with Crippen LogP contribution in [0.2, 0.25) is 0 Å². The number of aromatic nitrogens is 2. The molecular weight excluding hydrogens is 298 g/mol. The molecule has 1 amide bonds. The zero-order valence-electron chi connectivity index (χ0n) is 10.8. The molecule has 2 N–H and O–H groups in total. The topological polar surface area (TPSA) is 70.2 Å². The number of anilines is 2. The van der Waals surface area contributed by atoms with Crippen molar-refractivity contribution >= 4 is 33.5 Å². The highest BCUT2D eigenvalue weighted by Gasteiger charge is 2.12. The Hall–Kier alpha value is -1.37. The number of hydrogen-bond acceptors (Lipinski definition) is 5. The van der Waals surface area contributed by atoms with E-state index in [0.717, 1.165) is 22.7 Å². The van der Waals surface area contributed by atoms with Crippen LogP contribution < -0.4 is 15.5 Å². The van der Waals surface area contributed by atoms with Gasteiger partial charge in [0.05, 0.1) is 0 Å². The van der Waals surface area contributed by atoms with E-state index in [0.29, 0.717) is 13.0 Å². The minimum Gasteiger partial charge on any atom is -0.369 e. The molecule has 0 aliphatic rings. The summed E-state index contributed by atoms with van der Waals surface area (Å²) in [7, 11) is 3.53. The molecule has 0 unspecified atom stereocenters. The lowest BCUT2D eigenvalue weighted by Gasteiger charge is -2.20. The lowest BCUT2D eigenvalue weighted by Crippen LogP contribution is -2.27. The first-order chi connectivity index (χ1) is 8.60. The van der Waals surface area contributed by atoms with Gasteiger partial charge in [-0.05, 0) is 22.9 Å². The van der Waals surface area contributed by atoms with Crippen LogP contribution in [0.4, 0.5) is 11.6 Å². The minimum absolute atomic E-state index is 0.0129. The van der Waals surface area contributed by atoms with Gasteiger partial charge in [0.15, 0.2) is 0 Å². The smallest absolute Gasteiger partial charge is 0.221 e. The Morgan fingerprint density at radius 3 is 2.83 bits per heavy atom. The molecule has 1 aromatic heterocycles. The van der Waals surface area contributed by atoms with Gasteiger partial charge in [0, 0.05) is 33.6 Å². The third-order valence-electron chi connectivity index (χ3n) is 2.43. The summed E-state index contributed by atoms with van der Waals surface area (Å²) in [6.07, 6.45) is 1.94. The van der Waals surface area contributed by atoms with Crippen LogP contribution in [-0.2, 0) is 4.79 Å². The molecule has 0 saturated heterocycles. The number of carbonyl (C=O) groups is 1. The highest BCUT2D eigenvalue weighted by Crippen LogP contribution is 2.28. The predicted octanol–water partition coefficient (Wildman–Crippen LogP) is 1.24. The maximum absolute atomic E-state index is 11.2. The van der Waals surface area contributed by atoms with E-state index in [1.165, 1.54) is 6.33 Å². The fraction of sp³-hybridized carbons (Fsp3) is 0.545. The molecule has 6 nitrogen and oxygen atoms in total. The first kappa shape index (κ1) is 14.7. The lowest BCUT2D eigenvalue weighted by atomic mass is 10.3. The van der Waals surface area contributed by atoms with E-state index in [-0.39, 0.29) is 5.91 Å². The van der Waals surface area contributed by atoms with Crippen molar-refractivity contribution in [2.75, 3.05) is 37.4 Å². The van der Waals surface area contributed by atoms with Crippen LogP contribution in [0.1, 0.15) is 13.3 Å². The first-order valence-corrected chi connectivity index (χ1v) is 6.55. The fourth-order valence-corrected chi connectivity index (χ4v) is 2.07. The quantitative estimate of drug-likeness (QED) is 0.826. The molecule has 7 heteroatoms. The van der Waals surface area contributed by atoms with Crippen LogP contribution >= 0.6 is 15.9 Å². The zero-order valence-corrected chi connectivity index (χ0v) is 12.4. The van der Waals surface area contributed by atoms with Crippen molar-refractivity contribution in [3.05, 3.63) is 10.8 Å². The van der Waals surface area contributed by atoms with E-state index >= 15 is 0 Å². The van der Waals surface area contributed by atoms with Crippen molar-refractivity contribution in [3.8, 4) is 0 Å². The number of amides is 1. The molecule has 18 heavy (non-hydrogen) atoms. The lowest BCUT2D eigenvalue weighted by molar-refractivity contribution is -0.120. The van der Waals surface area contributed by atoms with E-state index in [1.807, 2.05) is 18.9 Å². The van der Waals surface area contributed by atoms with Crippen molar-refractivity contribution < 1.29 is 4.79 Å². The van der Waals surface area contributed by atoms with Gasteiger partial charge in [0.25, 0.3) is 0 Å². The summed E-state index contributed by atoms with van der Waals surface area (Å²) >= 11 is 3.48. The van der Waals surface area contributed by atoms with Crippen LogP contribution in [0.3, 0.4) is 0 Å². The van der Waals surface area contributed by atoms with E-state index in [9.17, 15) is 4.79 Å². The highest BCUT2D eigenvalue weighted by atomic mass is 79.9. The third-order valence-corrected chi connectivity index (χ3v) is 3.16. The summed E-state index contributed by atoms with van der Waals surface area (Å²) in [4.78, 5) is 21.5. The second-order valence-corrected chi connectivity index (χ2v) is 4.53. The van der Waals surface area contributed by atoms with Crippen LogP contribution in [0.25, 0.3) is 0 Å². The molecule has 0 aromatic carbocycles.